The molecule has 0 saturated heterocycles. The fraction of sp³-hybridized carbons (Fsp3) is 0.846. The molecule has 0 spiro atoms. The molecule has 3 N–H and O–H groups in total. The van der Waals surface area contributed by atoms with Crippen molar-refractivity contribution in [1.82, 2.24) is 5.32 Å². The number of carbonyl (C=O) groups is 2. The number of aliphatic hydroxyl groups is 1. The zero-order valence-corrected chi connectivity index (χ0v) is 11.2. The van der Waals surface area contributed by atoms with E-state index in [0.717, 1.165) is 12.8 Å². The summed E-state index contributed by atoms with van der Waals surface area (Å²) in [4.78, 5) is 21.7. The maximum absolute atomic E-state index is 11.3. The van der Waals surface area contributed by atoms with Crippen LogP contribution in [-0.2, 0) is 9.59 Å². The molecule has 0 aromatic heterocycles. The summed E-state index contributed by atoms with van der Waals surface area (Å²) in [5, 5.41) is 20.0. The Morgan fingerprint density at radius 2 is 1.72 bits per heavy atom. The molecule has 0 rings (SSSR count). The van der Waals surface area contributed by atoms with Crippen LogP contribution in [0, 0.1) is 0 Å². The highest BCUT2D eigenvalue weighted by Gasteiger charge is 2.12. The van der Waals surface area contributed by atoms with E-state index in [2.05, 4.69) is 12.2 Å². The highest BCUT2D eigenvalue weighted by Crippen LogP contribution is 2.06. The van der Waals surface area contributed by atoms with Gasteiger partial charge >= 0.3 is 5.97 Å². The van der Waals surface area contributed by atoms with E-state index in [9.17, 15) is 9.59 Å². The van der Waals surface area contributed by atoms with Crippen LogP contribution in [0.15, 0.2) is 0 Å². The van der Waals surface area contributed by atoms with Gasteiger partial charge in [-0.2, -0.15) is 0 Å². The van der Waals surface area contributed by atoms with Crippen LogP contribution in [0.3, 0.4) is 0 Å². The summed E-state index contributed by atoms with van der Waals surface area (Å²) in [6.45, 7) is 2.38. The molecule has 18 heavy (non-hydrogen) atoms. The quantitative estimate of drug-likeness (QED) is 0.493. The number of unbranched alkanes of at least 4 members (excludes halogenated alkanes) is 5. The van der Waals surface area contributed by atoms with E-state index in [4.69, 9.17) is 10.2 Å². The third-order valence-electron chi connectivity index (χ3n) is 2.78. The van der Waals surface area contributed by atoms with Crippen molar-refractivity contribution in [3.8, 4) is 0 Å². The second kappa shape index (κ2) is 11.0. The minimum atomic E-state index is -1.39. The molecule has 1 unspecified atom stereocenters. The van der Waals surface area contributed by atoms with E-state index >= 15 is 0 Å². The second-order valence-corrected chi connectivity index (χ2v) is 4.51. The molecule has 1 amide bonds. The molecule has 0 aromatic rings. The van der Waals surface area contributed by atoms with Gasteiger partial charge in [0.05, 0.1) is 0 Å². The highest BCUT2D eigenvalue weighted by molar-refractivity contribution is 5.76. The van der Waals surface area contributed by atoms with E-state index in [1.54, 1.807) is 0 Å². The molecule has 5 nitrogen and oxygen atoms in total. The number of amides is 1. The van der Waals surface area contributed by atoms with Gasteiger partial charge in [0.1, 0.15) is 0 Å². The lowest BCUT2D eigenvalue weighted by Crippen LogP contribution is -2.29. The Morgan fingerprint density at radius 1 is 1.11 bits per heavy atom. The molecule has 0 fully saturated rings. The first-order valence-corrected chi connectivity index (χ1v) is 6.75. The fourth-order valence-electron chi connectivity index (χ4n) is 1.63. The van der Waals surface area contributed by atoms with Crippen LogP contribution in [0.4, 0.5) is 0 Å². The van der Waals surface area contributed by atoms with Gasteiger partial charge in [0, 0.05) is 19.4 Å². The average molecular weight is 259 g/mol. The third kappa shape index (κ3) is 10.1. The van der Waals surface area contributed by atoms with Crippen molar-refractivity contribution >= 4 is 11.9 Å². The molecule has 0 aliphatic rings. The Morgan fingerprint density at radius 3 is 2.33 bits per heavy atom. The van der Waals surface area contributed by atoms with Crippen LogP contribution in [0.5, 0.6) is 0 Å². The largest absolute Gasteiger partial charge is 0.479 e. The predicted molar refractivity (Wildman–Crippen MR) is 69.3 cm³/mol. The lowest BCUT2D eigenvalue weighted by atomic mass is 10.1. The first kappa shape index (κ1) is 16.9. The van der Waals surface area contributed by atoms with Gasteiger partial charge in [-0.1, -0.05) is 39.0 Å². The Balaban J connectivity index is 3.35. The molecule has 0 bridgehead atoms. The summed E-state index contributed by atoms with van der Waals surface area (Å²) in [5.74, 6) is -1.32. The van der Waals surface area contributed by atoms with Gasteiger partial charge in [0.2, 0.25) is 5.91 Å². The van der Waals surface area contributed by atoms with E-state index in [1.807, 2.05) is 0 Å². The maximum atomic E-state index is 11.3. The number of carbonyl (C=O) groups excluding carboxylic acids is 1. The highest BCUT2D eigenvalue weighted by atomic mass is 16.4. The van der Waals surface area contributed by atoms with Crippen LogP contribution < -0.4 is 5.32 Å². The summed E-state index contributed by atoms with van der Waals surface area (Å²) in [7, 11) is 0. The Kier molecular flexibility index (Phi) is 10.3. The first-order valence-electron chi connectivity index (χ1n) is 6.75. The summed E-state index contributed by atoms with van der Waals surface area (Å²) in [6, 6.07) is 0. The minimum Gasteiger partial charge on any atom is -0.479 e. The minimum absolute atomic E-state index is 0.0531. The number of carboxylic acids is 1. The number of rotatable bonds is 11. The molecule has 106 valence electrons. The van der Waals surface area contributed by atoms with Crippen LogP contribution in [-0.4, -0.2) is 34.7 Å². The summed E-state index contributed by atoms with van der Waals surface area (Å²) in [6.07, 6.45) is 5.93. The third-order valence-corrected chi connectivity index (χ3v) is 2.78. The van der Waals surface area contributed by atoms with Crippen LogP contribution in [0.25, 0.3) is 0 Å². The van der Waals surface area contributed by atoms with Crippen molar-refractivity contribution in [2.24, 2.45) is 0 Å². The van der Waals surface area contributed by atoms with Crippen molar-refractivity contribution in [2.45, 2.75) is 64.4 Å². The predicted octanol–water partition coefficient (Wildman–Crippen LogP) is 1.69. The summed E-state index contributed by atoms with van der Waals surface area (Å²) in [5.41, 5.74) is 0. The topological polar surface area (TPSA) is 86.6 Å². The van der Waals surface area contributed by atoms with Crippen molar-refractivity contribution in [2.75, 3.05) is 6.54 Å². The standard InChI is InChI=1S/C13H25NO4/c1-2-3-4-5-6-7-8-12(16)14-10-9-11(15)13(17)18/h11,15H,2-10H2,1H3,(H,14,16)(H,17,18). The Hall–Kier alpha value is -1.10. The molecule has 0 aliphatic carbocycles. The van der Waals surface area contributed by atoms with Gasteiger partial charge in [0.15, 0.2) is 6.10 Å². The zero-order valence-electron chi connectivity index (χ0n) is 11.2. The summed E-state index contributed by atoms with van der Waals surface area (Å²) < 4.78 is 0. The molecule has 0 aromatic carbocycles. The molecule has 1 atom stereocenters. The second-order valence-electron chi connectivity index (χ2n) is 4.51. The maximum Gasteiger partial charge on any atom is 0.332 e. The van der Waals surface area contributed by atoms with Gasteiger partial charge in [-0.25, -0.2) is 4.79 Å². The lowest BCUT2D eigenvalue weighted by molar-refractivity contribution is -0.147. The molecule has 0 radical (unpaired) electrons. The van der Waals surface area contributed by atoms with Crippen LogP contribution in [0.1, 0.15) is 58.3 Å². The van der Waals surface area contributed by atoms with Gasteiger partial charge in [-0.05, 0) is 6.42 Å². The van der Waals surface area contributed by atoms with Gasteiger partial charge in [-0.3, -0.25) is 4.79 Å². The van der Waals surface area contributed by atoms with E-state index < -0.39 is 12.1 Å². The number of aliphatic carboxylic acids is 1. The normalized spacial score (nSPS) is 12.1. The lowest BCUT2D eigenvalue weighted by Gasteiger charge is -2.07. The molecule has 0 heterocycles. The molecular weight excluding hydrogens is 234 g/mol. The monoisotopic (exact) mass is 259 g/mol. The molecule has 0 saturated carbocycles. The van der Waals surface area contributed by atoms with Crippen molar-refractivity contribution < 1.29 is 19.8 Å². The summed E-state index contributed by atoms with van der Waals surface area (Å²) >= 11 is 0. The van der Waals surface area contributed by atoms with Crippen LogP contribution in [0.2, 0.25) is 0 Å². The first-order chi connectivity index (χ1) is 8.57. The fourth-order valence-corrected chi connectivity index (χ4v) is 1.63. The van der Waals surface area contributed by atoms with Crippen LogP contribution >= 0.6 is 0 Å². The van der Waals surface area contributed by atoms with Gasteiger partial charge in [0.25, 0.3) is 0 Å². The molecule has 0 aliphatic heterocycles. The Labute approximate surface area is 109 Å². The smallest absolute Gasteiger partial charge is 0.332 e. The van der Waals surface area contributed by atoms with E-state index in [-0.39, 0.29) is 18.9 Å². The van der Waals surface area contributed by atoms with E-state index in [1.165, 1.54) is 25.7 Å². The number of nitrogens with one attached hydrogen (secondary N) is 1. The van der Waals surface area contributed by atoms with Gasteiger partial charge in [-0.15, -0.1) is 0 Å². The molecule has 5 heteroatoms. The van der Waals surface area contributed by atoms with Gasteiger partial charge < -0.3 is 15.5 Å². The number of hydrogen-bond acceptors (Lipinski definition) is 3. The average Bonchev–Trinajstić information content (AvgIpc) is 2.33. The SMILES string of the molecule is CCCCCCCCC(=O)NCCC(O)C(=O)O. The van der Waals surface area contributed by atoms with Crippen molar-refractivity contribution in [3.05, 3.63) is 0 Å². The number of aliphatic hydroxyl groups excluding tert-OH is 1. The number of carboxylic acid groups (broad SMARTS) is 1. The zero-order chi connectivity index (χ0) is 13.8. The molecular formula is C13H25NO4. The number of hydrogen-bond donors (Lipinski definition) is 3. The Bertz CT molecular complexity index is 243. The van der Waals surface area contributed by atoms with E-state index in [0.29, 0.717) is 6.42 Å². The van der Waals surface area contributed by atoms with Crippen molar-refractivity contribution in [3.63, 3.8) is 0 Å². The van der Waals surface area contributed by atoms with Crippen molar-refractivity contribution in [1.29, 1.82) is 0 Å².